The highest BCUT2D eigenvalue weighted by molar-refractivity contribution is 5.97. The summed E-state index contributed by atoms with van der Waals surface area (Å²) < 4.78 is 0. The monoisotopic (exact) mass is 363 g/mol. The quantitative estimate of drug-likeness (QED) is 0.508. The number of hydrogen-bond acceptors (Lipinski definition) is 4. The number of carboxylic acids is 1. The van der Waals surface area contributed by atoms with E-state index >= 15 is 0 Å². The third kappa shape index (κ3) is 7.23. The van der Waals surface area contributed by atoms with E-state index in [2.05, 4.69) is 16.0 Å². The van der Waals surface area contributed by atoms with E-state index in [1.165, 1.54) is 6.92 Å². The van der Waals surface area contributed by atoms with Crippen LogP contribution in [-0.4, -0.2) is 41.0 Å². The van der Waals surface area contributed by atoms with E-state index in [4.69, 9.17) is 5.11 Å². The van der Waals surface area contributed by atoms with Gasteiger partial charge in [0.05, 0.1) is 6.04 Å². The summed E-state index contributed by atoms with van der Waals surface area (Å²) in [6.07, 6.45) is 0.896. The first-order valence-corrected chi connectivity index (χ1v) is 8.89. The maximum absolute atomic E-state index is 12.6. The zero-order valence-electron chi connectivity index (χ0n) is 15.8. The van der Waals surface area contributed by atoms with Crippen LogP contribution in [0, 0.1) is 5.92 Å². The highest BCUT2D eigenvalue weighted by Crippen LogP contribution is 2.10. The molecule has 0 spiro atoms. The number of amides is 2. The molecule has 0 aromatic heterocycles. The minimum atomic E-state index is -1.03. The largest absolute Gasteiger partial charge is 0.480 e. The van der Waals surface area contributed by atoms with Gasteiger partial charge >= 0.3 is 5.97 Å². The number of benzene rings is 1. The van der Waals surface area contributed by atoms with Gasteiger partial charge in [-0.3, -0.25) is 19.7 Å². The Kier molecular flexibility index (Phi) is 8.78. The molecule has 1 aromatic rings. The van der Waals surface area contributed by atoms with Gasteiger partial charge in [0.15, 0.2) is 0 Å². The SMILES string of the molecule is CC[C@H](NC(C)C(=O)O)C(=O)N[C@@H](CC(C)C)C(=O)Nc1ccccc1. The zero-order chi connectivity index (χ0) is 19.7. The summed E-state index contributed by atoms with van der Waals surface area (Å²) in [4.78, 5) is 36.1. The van der Waals surface area contributed by atoms with Gasteiger partial charge in [-0.05, 0) is 37.8 Å². The fraction of sp³-hybridized carbons (Fsp3) is 0.526. The molecular formula is C19H29N3O4. The second-order valence-electron chi connectivity index (χ2n) is 6.73. The maximum atomic E-state index is 12.6. The van der Waals surface area contributed by atoms with Gasteiger partial charge in [-0.2, -0.15) is 0 Å². The van der Waals surface area contributed by atoms with E-state index in [0.717, 1.165) is 0 Å². The van der Waals surface area contributed by atoms with Crippen molar-refractivity contribution in [1.82, 2.24) is 10.6 Å². The maximum Gasteiger partial charge on any atom is 0.320 e. The summed E-state index contributed by atoms with van der Waals surface area (Å²) in [6.45, 7) is 7.20. The van der Waals surface area contributed by atoms with Crippen LogP contribution in [0.2, 0.25) is 0 Å². The molecule has 0 radical (unpaired) electrons. The zero-order valence-corrected chi connectivity index (χ0v) is 15.8. The van der Waals surface area contributed by atoms with E-state index in [9.17, 15) is 14.4 Å². The summed E-state index contributed by atoms with van der Waals surface area (Å²) in [6, 6.07) is 6.80. The predicted molar refractivity (Wildman–Crippen MR) is 101 cm³/mol. The van der Waals surface area contributed by atoms with Crippen molar-refractivity contribution < 1.29 is 19.5 Å². The molecule has 1 aromatic carbocycles. The molecule has 2 amide bonds. The van der Waals surface area contributed by atoms with Crippen molar-refractivity contribution >= 4 is 23.5 Å². The van der Waals surface area contributed by atoms with Crippen LogP contribution < -0.4 is 16.0 Å². The van der Waals surface area contributed by atoms with Crippen LogP contribution in [0.1, 0.15) is 40.5 Å². The van der Waals surface area contributed by atoms with Gasteiger partial charge in [0.25, 0.3) is 0 Å². The first-order chi connectivity index (χ1) is 12.2. The third-order valence-corrected chi connectivity index (χ3v) is 3.93. The van der Waals surface area contributed by atoms with Crippen molar-refractivity contribution in [3.05, 3.63) is 30.3 Å². The van der Waals surface area contributed by atoms with E-state index < -0.39 is 24.1 Å². The Hall–Kier alpha value is -2.41. The number of nitrogens with one attached hydrogen (secondary N) is 3. The number of carbonyl (C=O) groups is 3. The second kappa shape index (κ2) is 10.6. The van der Waals surface area contributed by atoms with E-state index in [1.54, 1.807) is 19.1 Å². The predicted octanol–water partition coefficient (Wildman–Crippen LogP) is 2.00. The van der Waals surface area contributed by atoms with E-state index in [-0.39, 0.29) is 17.7 Å². The lowest BCUT2D eigenvalue weighted by atomic mass is 10.0. The van der Waals surface area contributed by atoms with Crippen molar-refractivity contribution in [2.24, 2.45) is 5.92 Å². The standard InChI is InChI=1S/C19H29N3O4/c1-5-15(20-13(4)19(25)26)17(23)22-16(11-12(2)3)18(24)21-14-9-7-6-8-10-14/h6-10,12-13,15-16,20H,5,11H2,1-4H3,(H,21,24)(H,22,23)(H,25,26)/t13?,15-,16-/m0/s1. The van der Waals surface area contributed by atoms with Gasteiger partial charge in [0.1, 0.15) is 12.1 Å². The highest BCUT2D eigenvalue weighted by Gasteiger charge is 2.27. The molecule has 3 atom stereocenters. The lowest BCUT2D eigenvalue weighted by molar-refractivity contribution is -0.139. The second-order valence-corrected chi connectivity index (χ2v) is 6.73. The van der Waals surface area contributed by atoms with Crippen LogP contribution in [0.5, 0.6) is 0 Å². The van der Waals surface area contributed by atoms with Crippen molar-refractivity contribution in [2.75, 3.05) is 5.32 Å². The lowest BCUT2D eigenvalue weighted by Gasteiger charge is -2.24. The fourth-order valence-electron chi connectivity index (χ4n) is 2.48. The Morgan fingerprint density at radius 3 is 2.12 bits per heavy atom. The molecule has 0 fully saturated rings. The van der Waals surface area contributed by atoms with Gasteiger partial charge < -0.3 is 15.7 Å². The average molecular weight is 363 g/mol. The molecule has 0 aliphatic heterocycles. The summed E-state index contributed by atoms with van der Waals surface area (Å²) >= 11 is 0. The molecule has 1 rings (SSSR count). The molecule has 0 aliphatic carbocycles. The molecule has 144 valence electrons. The van der Waals surface area contributed by atoms with Crippen molar-refractivity contribution in [3.63, 3.8) is 0 Å². The molecule has 0 saturated heterocycles. The van der Waals surface area contributed by atoms with Crippen molar-refractivity contribution in [3.8, 4) is 0 Å². The van der Waals surface area contributed by atoms with Crippen molar-refractivity contribution in [2.45, 2.75) is 58.7 Å². The van der Waals surface area contributed by atoms with Gasteiger partial charge in [-0.25, -0.2) is 0 Å². The molecule has 0 saturated carbocycles. The first kappa shape index (κ1) is 21.6. The molecule has 7 nitrogen and oxygen atoms in total. The summed E-state index contributed by atoms with van der Waals surface area (Å²) in [5.74, 6) is -1.50. The van der Waals surface area contributed by atoms with Gasteiger partial charge in [0.2, 0.25) is 11.8 Å². The molecule has 0 bridgehead atoms. The van der Waals surface area contributed by atoms with Gasteiger partial charge in [-0.1, -0.05) is 39.0 Å². The average Bonchev–Trinajstić information content (AvgIpc) is 2.58. The molecule has 7 heteroatoms. The number of aliphatic carboxylic acids is 1. The minimum absolute atomic E-state index is 0.202. The van der Waals surface area contributed by atoms with E-state index in [0.29, 0.717) is 18.5 Å². The third-order valence-electron chi connectivity index (χ3n) is 3.93. The van der Waals surface area contributed by atoms with Crippen LogP contribution in [0.25, 0.3) is 0 Å². The smallest absolute Gasteiger partial charge is 0.320 e. The van der Waals surface area contributed by atoms with Crippen LogP contribution >= 0.6 is 0 Å². The Morgan fingerprint density at radius 1 is 1.00 bits per heavy atom. The van der Waals surface area contributed by atoms with E-state index in [1.807, 2.05) is 32.0 Å². The van der Waals surface area contributed by atoms with Crippen LogP contribution in [0.3, 0.4) is 0 Å². The number of anilines is 1. The molecule has 26 heavy (non-hydrogen) atoms. The molecule has 0 heterocycles. The van der Waals surface area contributed by atoms with Crippen LogP contribution in [0.4, 0.5) is 5.69 Å². The number of carbonyl (C=O) groups excluding carboxylic acids is 2. The Bertz CT molecular complexity index is 604. The molecule has 1 unspecified atom stereocenters. The van der Waals surface area contributed by atoms with Gasteiger partial charge in [-0.15, -0.1) is 0 Å². The minimum Gasteiger partial charge on any atom is -0.480 e. The Labute approximate surface area is 154 Å². The summed E-state index contributed by atoms with van der Waals surface area (Å²) in [5, 5.41) is 17.3. The number of carboxylic acid groups (broad SMARTS) is 1. The van der Waals surface area contributed by atoms with Gasteiger partial charge in [0, 0.05) is 5.69 Å². The topological polar surface area (TPSA) is 108 Å². The Morgan fingerprint density at radius 2 is 1.62 bits per heavy atom. The summed E-state index contributed by atoms with van der Waals surface area (Å²) in [5.41, 5.74) is 0.658. The first-order valence-electron chi connectivity index (χ1n) is 8.89. The highest BCUT2D eigenvalue weighted by atomic mass is 16.4. The van der Waals surface area contributed by atoms with Crippen molar-refractivity contribution in [1.29, 1.82) is 0 Å². The molecular weight excluding hydrogens is 334 g/mol. The molecule has 4 N–H and O–H groups in total. The fourth-order valence-corrected chi connectivity index (χ4v) is 2.48. The summed E-state index contributed by atoms with van der Waals surface area (Å²) in [7, 11) is 0. The number of rotatable bonds is 10. The van der Waals surface area contributed by atoms with Crippen LogP contribution in [-0.2, 0) is 14.4 Å². The normalized spacial score (nSPS) is 14.3. The number of hydrogen-bond donors (Lipinski definition) is 4. The molecule has 0 aliphatic rings. The lowest BCUT2D eigenvalue weighted by Crippen LogP contribution is -2.54. The Balaban J connectivity index is 2.79. The number of para-hydroxylation sites is 1. The van der Waals surface area contributed by atoms with Crippen LogP contribution in [0.15, 0.2) is 30.3 Å².